The number of hydrogen-bond donors (Lipinski definition) is 1. The summed E-state index contributed by atoms with van der Waals surface area (Å²) >= 11 is 0. The Labute approximate surface area is 212 Å². The van der Waals surface area contributed by atoms with Crippen LogP contribution in [0.3, 0.4) is 0 Å². The fourth-order valence-electron chi connectivity index (χ4n) is 3.72. The molecule has 4 rings (SSSR count). The van der Waals surface area contributed by atoms with Crippen LogP contribution in [0.25, 0.3) is 22.2 Å². The van der Waals surface area contributed by atoms with Gasteiger partial charge < -0.3 is 10.1 Å². The molecule has 0 fully saturated rings. The first-order chi connectivity index (χ1) is 18.0. The normalized spacial score (nSPS) is 12.0. The van der Waals surface area contributed by atoms with Crippen molar-refractivity contribution in [2.75, 3.05) is 11.9 Å². The molecule has 0 saturated heterocycles. The first-order valence-electron chi connectivity index (χ1n) is 11.4. The van der Waals surface area contributed by atoms with Gasteiger partial charge in [-0.05, 0) is 55.5 Å². The van der Waals surface area contributed by atoms with Crippen LogP contribution >= 0.6 is 0 Å². The molecule has 4 aromatic rings. The maximum atomic E-state index is 13.6. The third-order valence-electron chi connectivity index (χ3n) is 5.46. The molecule has 38 heavy (non-hydrogen) atoms. The van der Waals surface area contributed by atoms with Crippen LogP contribution in [0.4, 0.5) is 37.8 Å². The number of ether oxygens (including phenoxy) is 1. The molecule has 0 atom stereocenters. The van der Waals surface area contributed by atoms with Gasteiger partial charge in [0.05, 0.1) is 35.4 Å². The number of rotatable bonds is 7. The highest BCUT2D eigenvalue weighted by molar-refractivity contribution is 5.93. The van der Waals surface area contributed by atoms with Crippen molar-refractivity contribution in [2.45, 2.75) is 32.1 Å². The van der Waals surface area contributed by atoms with Crippen LogP contribution in [0.15, 0.2) is 60.8 Å². The van der Waals surface area contributed by atoms with E-state index in [4.69, 9.17) is 4.74 Å². The molecule has 2 heterocycles. The molecule has 0 radical (unpaired) electrons. The van der Waals surface area contributed by atoms with E-state index in [1.165, 1.54) is 42.6 Å². The lowest BCUT2D eigenvalue weighted by Crippen LogP contribution is -2.09. The van der Waals surface area contributed by atoms with Crippen molar-refractivity contribution >= 4 is 28.4 Å². The molecule has 1 N–H and O–H groups in total. The summed E-state index contributed by atoms with van der Waals surface area (Å²) in [5, 5.41) is 3.34. The standard InChI is InChI=1S/C26H20F6N4O2/c1-2-38-22(37)12-11-21-35-20-14-15(23-19(26(30,31)32)4-3-13-33-23)5-10-18(20)24(36-21)34-17-8-6-16(7-9-17)25(27,28)29/h3-10,13-14H,2,11-12H2,1H3,(H,34,35,36). The van der Waals surface area contributed by atoms with E-state index in [-0.39, 0.29) is 47.9 Å². The average molecular weight is 534 g/mol. The van der Waals surface area contributed by atoms with Crippen molar-refractivity contribution in [1.82, 2.24) is 15.0 Å². The molecular formula is C26H20F6N4O2. The van der Waals surface area contributed by atoms with Crippen LogP contribution < -0.4 is 5.32 Å². The lowest BCUT2D eigenvalue weighted by atomic mass is 10.0. The van der Waals surface area contributed by atoms with E-state index >= 15 is 0 Å². The highest BCUT2D eigenvalue weighted by Gasteiger charge is 2.34. The first kappa shape index (κ1) is 26.8. The summed E-state index contributed by atoms with van der Waals surface area (Å²) in [6.07, 6.45) is -7.87. The second-order valence-corrected chi connectivity index (χ2v) is 8.12. The molecule has 0 spiro atoms. The molecule has 6 nitrogen and oxygen atoms in total. The van der Waals surface area contributed by atoms with Crippen LogP contribution in [-0.4, -0.2) is 27.5 Å². The van der Waals surface area contributed by atoms with E-state index in [1.54, 1.807) is 6.92 Å². The highest BCUT2D eigenvalue weighted by Crippen LogP contribution is 2.37. The zero-order valence-corrected chi connectivity index (χ0v) is 19.8. The highest BCUT2D eigenvalue weighted by atomic mass is 19.4. The predicted molar refractivity (Wildman–Crippen MR) is 127 cm³/mol. The van der Waals surface area contributed by atoms with E-state index in [9.17, 15) is 31.1 Å². The fraction of sp³-hybridized carbons (Fsp3) is 0.231. The number of aromatic nitrogens is 3. The fourth-order valence-corrected chi connectivity index (χ4v) is 3.72. The topological polar surface area (TPSA) is 77.0 Å². The molecular weight excluding hydrogens is 514 g/mol. The van der Waals surface area contributed by atoms with Crippen LogP contribution in [-0.2, 0) is 28.3 Å². The van der Waals surface area contributed by atoms with Crippen LogP contribution in [0, 0.1) is 0 Å². The number of carbonyl (C=O) groups excluding carboxylic acids is 1. The van der Waals surface area contributed by atoms with E-state index in [0.29, 0.717) is 11.1 Å². The molecule has 198 valence electrons. The summed E-state index contributed by atoms with van der Waals surface area (Å²) < 4.78 is 84.4. The van der Waals surface area contributed by atoms with Crippen molar-refractivity contribution in [3.63, 3.8) is 0 Å². The molecule has 0 aliphatic carbocycles. The van der Waals surface area contributed by atoms with E-state index in [1.807, 2.05) is 0 Å². The second-order valence-electron chi connectivity index (χ2n) is 8.12. The lowest BCUT2D eigenvalue weighted by molar-refractivity contribution is -0.143. The Morgan fingerprint density at radius 2 is 1.68 bits per heavy atom. The van der Waals surface area contributed by atoms with Crippen molar-refractivity contribution in [1.29, 1.82) is 0 Å². The Kier molecular flexibility index (Phi) is 7.51. The molecule has 0 aliphatic rings. The van der Waals surface area contributed by atoms with E-state index < -0.39 is 29.4 Å². The van der Waals surface area contributed by atoms with Gasteiger partial charge in [0.2, 0.25) is 0 Å². The summed E-state index contributed by atoms with van der Waals surface area (Å²) in [7, 11) is 0. The van der Waals surface area contributed by atoms with Crippen LogP contribution in [0.5, 0.6) is 0 Å². The number of benzene rings is 2. The molecule has 12 heteroatoms. The Morgan fingerprint density at radius 3 is 2.34 bits per heavy atom. The van der Waals surface area contributed by atoms with Gasteiger partial charge in [-0.1, -0.05) is 6.07 Å². The zero-order chi connectivity index (χ0) is 27.5. The molecule has 0 amide bonds. The van der Waals surface area contributed by atoms with Crippen LogP contribution in [0.1, 0.15) is 30.3 Å². The number of nitrogens with one attached hydrogen (secondary N) is 1. The van der Waals surface area contributed by atoms with E-state index in [2.05, 4.69) is 20.3 Å². The van der Waals surface area contributed by atoms with Crippen molar-refractivity contribution in [3.05, 3.63) is 77.7 Å². The minimum absolute atomic E-state index is 0.0444. The van der Waals surface area contributed by atoms with Crippen molar-refractivity contribution in [3.8, 4) is 11.3 Å². The number of hydrogen-bond acceptors (Lipinski definition) is 6. The maximum Gasteiger partial charge on any atom is 0.418 e. The minimum Gasteiger partial charge on any atom is -0.466 e. The zero-order valence-electron chi connectivity index (χ0n) is 19.8. The Bertz CT molecular complexity index is 1450. The minimum atomic E-state index is -4.63. The summed E-state index contributed by atoms with van der Waals surface area (Å²) in [6, 6.07) is 10.7. The van der Waals surface area contributed by atoms with Gasteiger partial charge in [0.15, 0.2) is 0 Å². The van der Waals surface area contributed by atoms with Gasteiger partial charge in [0.25, 0.3) is 0 Å². The molecule has 2 aromatic heterocycles. The second kappa shape index (κ2) is 10.6. The summed E-state index contributed by atoms with van der Waals surface area (Å²) in [5.41, 5.74) is -1.33. The number of aryl methyl sites for hydroxylation is 1. The number of esters is 1. The van der Waals surface area contributed by atoms with Gasteiger partial charge in [-0.15, -0.1) is 0 Å². The average Bonchev–Trinajstić information content (AvgIpc) is 2.86. The number of anilines is 2. The Balaban J connectivity index is 1.77. The third-order valence-corrected chi connectivity index (χ3v) is 5.46. The molecule has 0 unspecified atom stereocenters. The quantitative estimate of drug-likeness (QED) is 0.204. The smallest absolute Gasteiger partial charge is 0.418 e. The Morgan fingerprint density at radius 1 is 0.947 bits per heavy atom. The lowest BCUT2D eigenvalue weighted by Gasteiger charge is -2.14. The Hall–Kier alpha value is -4.22. The molecule has 2 aromatic carbocycles. The SMILES string of the molecule is CCOC(=O)CCc1nc(Nc2ccc(C(F)(F)F)cc2)c2ccc(-c3ncccc3C(F)(F)F)cc2n1. The number of pyridine rings is 1. The molecule has 0 aliphatic heterocycles. The number of carbonyl (C=O) groups is 1. The third kappa shape index (κ3) is 6.18. The number of halogens is 6. The maximum absolute atomic E-state index is 13.6. The van der Waals surface area contributed by atoms with Crippen LogP contribution in [0.2, 0.25) is 0 Å². The summed E-state index contributed by atoms with van der Waals surface area (Å²) in [4.78, 5) is 24.6. The largest absolute Gasteiger partial charge is 0.466 e. The summed E-state index contributed by atoms with van der Waals surface area (Å²) in [6.45, 7) is 1.85. The number of nitrogens with zero attached hydrogens (tertiary/aromatic N) is 3. The van der Waals surface area contributed by atoms with Gasteiger partial charge in [-0.25, -0.2) is 9.97 Å². The number of alkyl halides is 6. The monoisotopic (exact) mass is 534 g/mol. The van der Waals surface area contributed by atoms with Gasteiger partial charge in [-0.2, -0.15) is 26.3 Å². The number of fused-ring (bicyclic) bond motifs is 1. The van der Waals surface area contributed by atoms with Gasteiger partial charge in [0.1, 0.15) is 11.6 Å². The van der Waals surface area contributed by atoms with Gasteiger partial charge >= 0.3 is 18.3 Å². The molecule has 0 saturated carbocycles. The molecule has 0 bridgehead atoms. The first-order valence-corrected chi connectivity index (χ1v) is 11.4. The van der Waals surface area contributed by atoms with Gasteiger partial charge in [0, 0.05) is 29.3 Å². The van der Waals surface area contributed by atoms with E-state index in [0.717, 1.165) is 18.2 Å². The summed E-state index contributed by atoms with van der Waals surface area (Å²) in [5.74, 6) is -0.0862. The van der Waals surface area contributed by atoms with Crippen molar-refractivity contribution in [2.24, 2.45) is 0 Å². The van der Waals surface area contributed by atoms with Crippen molar-refractivity contribution < 1.29 is 35.9 Å². The van der Waals surface area contributed by atoms with Gasteiger partial charge in [-0.3, -0.25) is 9.78 Å². The predicted octanol–water partition coefficient (Wildman–Crippen LogP) is 6.97.